The number of rotatable bonds is 2. The molecule has 0 radical (unpaired) electrons. The van der Waals surface area contributed by atoms with Crippen LogP contribution in [0.4, 0.5) is 4.79 Å². The van der Waals surface area contributed by atoms with Gasteiger partial charge < -0.3 is 15.0 Å². The third kappa shape index (κ3) is 2.64. The summed E-state index contributed by atoms with van der Waals surface area (Å²) in [5.74, 6) is 0. The van der Waals surface area contributed by atoms with Gasteiger partial charge in [-0.1, -0.05) is 0 Å². The maximum Gasteiger partial charge on any atom is 0.317 e. The molecule has 0 unspecified atom stereocenters. The average Bonchev–Trinajstić information content (AvgIpc) is 2.62. The summed E-state index contributed by atoms with van der Waals surface area (Å²) in [6.07, 6.45) is 0. The van der Waals surface area contributed by atoms with Crippen LogP contribution in [0.3, 0.4) is 0 Å². The highest BCUT2D eigenvalue weighted by atomic mass is 16.5. The largest absolute Gasteiger partial charge is 0.378 e. The summed E-state index contributed by atoms with van der Waals surface area (Å²) >= 11 is 0. The van der Waals surface area contributed by atoms with Crippen LogP contribution in [0, 0.1) is 13.8 Å². The standard InChI is InChI=1S/C12H20N4O2/c1-9-11(10(2)15(3)14-9)8-13-12(17)16-4-6-18-7-5-16/h4-8H2,1-3H3,(H,13,17). The molecule has 1 fully saturated rings. The highest BCUT2D eigenvalue weighted by Crippen LogP contribution is 2.11. The molecule has 2 rings (SSSR count). The van der Waals surface area contributed by atoms with E-state index in [1.165, 1.54) is 0 Å². The molecule has 100 valence electrons. The second-order valence-electron chi connectivity index (χ2n) is 4.53. The van der Waals surface area contributed by atoms with E-state index in [1.54, 1.807) is 4.90 Å². The number of urea groups is 1. The van der Waals surface area contributed by atoms with Crippen molar-refractivity contribution in [1.82, 2.24) is 20.0 Å². The Morgan fingerprint density at radius 2 is 2.06 bits per heavy atom. The average molecular weight is 252 g/mol. The van der Waals surface area contributed by atoms with Gasteiger partial charge in [0.2, 0.25) is 0 Å². The molecule has 0 aromatic carbocycles. The second kappa shape index (κ2) is 5.39. The number of aromatic nitrogens is 2. The molecule has 1 aromatic rings. The van der Waals surface area contributed by atoms with E-state index in [2.05, 4.69) is 10.4 Å². The first kappa shape index (κ1) is 12.9. The van der Waals surface area contributed by atoms with E-state index in [4.69, 9.17) is 4.74 Å². The molecule has 18 heavy (non-hydrogen) atoms. The summed E-state index contributed by atoms with van der Waals surface area (Å²) in [7, 11) is 1.91. The molecule has 1 aliphatic rings. The lowest BCUT2D eigenvalue weighted by Gasteiger charge is -2.26. The topological polar surface area (TPSA) is 59.4 Å². The molecule has 1 N–H and O–H groups in total. The van der Waals surface area contributed by atoms with E-state index < -0.39 is 0 Å². The third-order valence-corrected chi connectivity index (χ3v) is 3.37. The van der Waals surface area contributed by atoms with E-state index in [9.17, 15) is 4.79 Å². The van der Waals surface area contributed by atoms with Gasteiger partial charge in [0.25, 0.3) is 0 Å². The van der Waals surface area contributed by atoms with Gasteiger partial charge in [0.1, 0.15) is 0 Å². The van der Waals surface area contributed by atoms with Gasteiger partial charge in [0.05, 0.1) is 18.9 Å². The number of carbonyl (C=O) groups excluding carboxylic acids is 1. The van der Waals surface area contributed by atoms with Gasteiger partial charge in [-0.25, -0.2) is 4.79 Å². The van der Waals surface area contributed by atoms with Crippen LogP contribution in [0.25, 0.3) is 0 Å². The van der Waals surface area contributed by atoms with Crippen molar-refractivity contribution in [2.45, 2.75) is 20.4 Å². The summed E-state index contributed by atoms with van der Waals surface area (Å²) in [5, 5.41) is 7.27. The minimum absolute atomic E-state index is 0.0269. The van der Waals surface area contributed by atoms with Crippen molar-refractivity contribution in [3.63, 3.8) is 0 Å². The molecule has 6 nitrogen and oxygen atoms in total. The van der Waals surface area contributed by atoms with E-state index in [1.807, 2.05) is 25.6 Å². The number of aryl methyl sites for hydroxylation is 2. The summed E-state index contributed by atoms with van der Waals surface area (Å²) in [4.78, 5) is 13.7. The lowest BCUT2D eigenvalue weighted by atomic mass is 10.2. The zero-order valence-corrected chi connectivity index (χ0v) is 11.2. The Hall–Kier alpha value is -1.56. The number of hydrogen-bond donors (Lipinski definition) is 1. The van der Waals surface area contributed by atoms with Crippen LogP contribution >= 0.6 is 0 Å². The molecule has 0 bridgehead atoms. The maximum atomic E-state index is 11.9. The van der Waals surface area contributed by atoms with Gasteiger partial charge >= 0.3 is 6.03 Å². The summed E-state index contributed by atoms with van der Waals surface area (Å²) in [6, 6.07) is -0.0269. The molecule has 1 aromatic heterocycles. The van der Waals surface area contributed by atoms with E-state index in [-0.39, 0.29) is 6.03 Å². The van der Waals surface area contributed by atoms with Crippen molar-refractivity contribution in [3.8, 4) is 0 Å². The lowest BCUT2D eigenvalue weighted by molar-refractivity contribution is 0.0531. The molecular weight excluding hydrogens is 232 g/mol. The third-order valence-electron chi connectivity index (χ3n) is 3.37. The fourth-order valence-corrected chi connectivity index (χ4v) is 2.12. The van der Waals surface area contributed by atoms with E-state index in [0.29, 0.717) is 32.8 Å². The fraction of sp³-hybridized carbons (Fsp3) is 0.667. The molecule has 6 heteroatoms. The molecule has 0 spiro atoms. The van der Waals surface area contributed by atoms with Crippen LogP contribution in [-0.2, 0) is 18.3 Å². The highest BCUT2D eigenvalue weighted by Gasteiger charge is 2.17. The quantitative estimate of drug-likeness (QED) is 0.837. The SMILES string of the molecule is Cc1nn(C)c(C)c1CNC(=O)N1CCOCC1. The zero-order valence-electron chi connectivity index (χ0n) is 11.2. The van der Waals surface area contributed by atoms with Crippen molar-refractivity contribution in [1.29, 1.82) is 0 Å². The fourth-order valence-electron chi connectivity index (χ4n) is 2.12. The molecule has 1 aliphatic heterocycles. The number of nitrogens with zero attached hydrogens (tertiary/aromatic N) is 3. The predicted octanol–water partition coefficient (Wildman–Crippen LogP) is 0.579. The number of carbonyl (C=O) groups is 1. The van der Waals surface area contributed by atoms with Crippen LogP contribution in [0.5, 0.6) is 0 Å². The van der Waals surface area contributed by atoms with Crippen molar-refractivity contribution in [2.75, 3.05) is 26.3 Å². The first-order valence-corrected chi connectivity index (χ1v) is 6.19. The van der Waals surface area contributed by atoms with Crippen LogP contribution in [0.15, 0.2) is 0 Å². The van der Waals surface area contributed by atoms with Crippen LogP contribution in [-0.4, -0.2) is 47.0 Å². The number of nitrogens with one attached hydrogen (secondary N) is 1. The lowest BCUT2D eigenvalue weighted by Crippen LogP contribution is -2.46. The summed E-state index contributed by atoms with van der Waals surface area (Å²) in [6.45, 7) is 7.07. The normalized spacial score (nSPS) is 15.8. The Morgan fingerprint density at radius 3 is 2.61 bits per heavy atom. The molecular formula is C12H20N4O2. The van der Waals surface area contributed by atoms with Gasteiger partial charge in [-0.2, -0.15) is 5.10 Å². The van der Waals surface area contributed by atoms with Crippen LogP contribution in [0.1, 0.15) is 17.0 Å². The maximum absolute atomic E-state index is 11.9. The molecule has 2 amide bonds. The van der Waals surface area contributed by atoms with E-state index >= 15 is 0 Å². The van der Waals surface area contributed by atoms with Crippen molar-refractivity contribution >= 4 is 6.03 Å². The first-order chi connectivity index (χ1) is 8.59. The monoisotopic (exact) mass is 252 g/mol. The number of amides is 2. The van der Waals surface area contributed by atoms with E-state index in [0.717, 1.165) is 17.0 Å². The van der Waals surface area contributed by atoms with Crippen LogP contribution in [0.2, 0.25) is 0 Å². The molecule has 0 aliphatic carbocycles. The summed E-state index contributed by atoms with van der Waals surface area (Å²) < 4.78 is 7.06. The van der Waals surface area contributed by atoms with Crippen molar-refractivity contribution in [3.05, 3.63) is 17.0 Å². The summed E-state index contributed by atoms with van der Waals surface area (Å²) in [5.41, 5.74) is 3.16. The van der Waals surface area contributed by atoms with Crippen molar-refractivity contribution in [2.24, 2.45) is 7.05 Å². The number of ether oxygens (including phenoxy) is 1. The van der Waals surface area contributed by atoms with Gasteiger partial charge in [0.15, 0.2) is 0 Å². The van der Waals surface area contributed by atoms with Crippen LogP contribution < -0.4 is 5.32 Å². The molecule has 1 saturated heterocycles. The smallest absolute Gasteiger partial charge is 0.317 e. The van der Waals surface area contributed by atoms with Gasteiger partial charge in [-0.15, -0.1) is 0 Å². The minimum Gasteiger partial charge on any atom is -0.378 e. The Labute approximate surface area is 107 Å². The number of hydrogen-bond acceptors (Lipinski definition) is 3. The van der Waals surface area contributed by atoms with Gasteiger partial charge in [0, 0.05) is 37.9 Å². The Bertz CT molecular complexity index is 436. The highest BCUT2D eigenvalue weighted by molar-refractivity contribution is 5.74. The predicted molar refractivity (Wildman–Crippen MR) is 67.3 cm³/mol. The molecule has 0 saturated carbocycles. The first-order valence-electron chi connectivity index (χ1n) is 6.19. The molecule has 2 heterocycles. The van der Waals surface area contributed by atoms with Crippen molar-refractivity contribution < 1.29 is 9.53 Å². The zero-order chi connectivity index (χ0) is 13.1. The van der Waals surface area contributed by atoms with Gasteiger partial charge in [-0.3, -0.25) is 4.68 Å². The Balaban J connectivity index is 1.92. The number of morpholine rings is 1. The van der Waals surface area contributed by atoms with Gasteiger partial charge in [-0.05, 0) is 13.8 Å². The Morgan fingerprint density at radius 1 is 1.39 bits per heavy atom. The Kier molecular flexibility index (Phi) is 3.86. The second-order valence-corrected chi connectivity index (χ2v) is 4.53. The minimum atomic E-state index is -0.0269. The molecule has 0 atom stereocenters.